The number of unbranched alkanes of at least 4 members (excludes halogenated alkanes) is 4. The van der Waals surface area contributed by atoms with Gasteiger partial charge in [0.05, 0.1) is 11.6 Å². The predicted molar refractivity (Wildman–Crippen MR) is 95.1 cm³/mol. The number of halogens is 1. The first-order valence-corrected chi connectivity index (χ1v) is 9.27. The first-order chi connectivity index (χ1) is 11.2. The second-order valence-corrected chi connectivity index (χ2v) is 6.75. The van der Waals surface area contributed by atoms with E-state index in [1.165, 1.54) is 37.7 Å². The average molecular weight is 338 g/mol. The molecule has 0 radical (unpaired) electrons. The number of carbonyl (C=O) groups is 1. The van der Waals surface area contributed by atoms with Crippen LogP contribution in [-0.2, 0) is 11.2 Å². The number of amides is 1. The van der Waals surface area contributed by atoms with E-state index >= 15 is 0 Å². The summed E-state index contributed by atoms with van der Waals surface area (Å²) in [5, 5.41) is 3.54. The van der Waals surface area contributed by atoms with Crippen LogP contribution in [0.4, 0.5) is 0 Å². The number of hydrogen-bond donors (Lipinski definition) is 1. The Hall–Kier alpha value is -1.22. The molecule has 1 aromatic carbocycles. The molecule has 1 aliphatic carbocycles. The van der Waals surface area contributed by atoms with Gasteiger partial charge in [-0.05, 0) is 43.4 Å². The third kappa shape index (κ3) is 6.82. The number of ether oxygens (including phenoxy) is 1. The van der Waals surface area contributed by atoms with Crippen molar-refractivity contribution in [2.75, 3.05) is 13.2 Å². The van der Waals surface area contributed by atoms with Gasteiger partial charge in [-0.15, -0.1) is 0 Å². The highest BCUT2D eigenvalue weighted by Gasteiger charge is 2.29. The molecule has 0 aliphatic heterocycles. The number of rotatable bonds is 11. The number of benzene rings is 1. The van der Waals surface area contributed by atoms with E-state index in [1.54, 1.807) is 0 Å². The minimum Gasteiger partial charge on any atom is -0.490 e. The average Bonchev–Trinajstić information content (AvgIpc) is 3.37. The van der Waals surface area contributed by atoms with Crippen molar-refractivity contribution in [1.29, 1.82) is 0 Å². The number of nitrogens with one attached hydrogen (secondary N) is 1. The van der Waals surface area contributed by atoms with Crippen molar-refractivity contribution in [1.82, 2.24) is 5.32 Å². The van der Waals surface area contributed by atoms with E-state index in [9.17, 15) is 4.79 Å². The Kier molecular flexibility index (Phi) is 7.73. The molecule has 3 nitrogen and oxygen atoms in total. The quantitative estimate of drug-likeness (QED) is 0.591. The number of aryl methyl sites for hydroxylation is 1. The molecule has 1 amide bonds. The van der Waals surface area contributed by atoms with E-state index in [0.717, 1.165) is 19.3 Å². The first-order valence-electron chi connectivity index (χ1n) is 8.89. The van der Waals surface area contributed by atoms with Crippen molar-refractivity contribution >= 4 is 17.5 Å². The summed E-state index contributed by atoms with van der Waals surface area (Å²) in [6.45, 7) is 3.22. The minimum atomic E-state index is 0.151. The van der Waals surface area contributed by atoms with Gasteiger partial charge in [-0.3, -0.25) is 4.79 Å². The zero-order valence-corrected chi connectivity index (χ0v) is 14.8. The Morgan fingerprint density at radius 2 is 2.04 bits per heavy atom. The summed E-state index contributed by atoms with van der Waals surface area (Å²) in [7, 11) is 0. The van der Waals surface area contributed by atoms with Crippen LogP contribution in [0.1, 0.15) is 57.4 Å². The highest BCUT2D eigenvalue weighted by atomic mass is 35.5. The van der Waals surface area contributed by atoms with Crippen LogP contribution in [-0.4, -0.2) is 19.1 Å². The van der Waals surface area contributed by atoms with Crippen LogP contribution in [0.5, 0.6) is 5.75 Å². The molecule has 0 heterocycles. The summed E-state index contributed by atoms with van der Waals surface area (Å²) in [6.07, 6.45) is 9.54. The van der Waals surface area contributed by atoms with Gasteiger partial charge in [0.2, 0.25) is 5.91 Å². The third-order valence-corrected chi connectivity index (χ3v) is 4.47. The molecule has 128 valence electrons. The SMILES string of the molecule is CCCCCCCc1ccc(OCCNC(=O)C2CC2)c(Cl)c1. The number of carbonyl (C=O) groups excluding carboxylic acids is 1. The summed E-state index contributed by atoms with van der Waals surface area (Å²) in [4.78, 5) is 11.5. The zero-order chi connectivity index (χ0) is 16.5. The fourth-order valence-electron chi connectivity index (χ4n) is 2.57. The van der Waals surface area contributed by atoms with Gasteiger partial charge in [0.1, 0.15) is 12.4 Å². The molecule has 0 spiro atoms. The van der Waals surface area contributed by atoms with Crippen LogP contribution >= 0.6 is 11.6 Å². The molecule has 1 saturated carbocycles. The molecule has 0 unspecified atom stereocenters. The van der Waals surface area contributed by atoms with Crippen LogP contribution in [0, 0.1) is 5.92 Å². The lowest BCUT2D eigenvalue weighted by Crippen LogP contribution is -2.29. The van der Waals surface area contributed by atoms with E-state index in [-0.39, 0.29) is 11.8 Å². The Morgan fingerprint density at radius 3 is 2.74 bits per heavy atom. The Labute approximate surface area is 144 Å². The molecule has 0 aromatic heterocycles. The van der Waals surface area contributed by atoms with E-state index in [1.807, 2.05) is 12.1 Å². The van der Waals surface area contributed by atoms with Gasteiger partial charge >= 0.3 is 0 Å². The molecule has 0 saturated heterocycles. The van der Waals surface area contributed by atoms with Crippen molar-refractivity contribution in [2.24, 2.45) is 5.92 Å². The van der Waals surface area contributed by atoms with Crippen LogP contribution in [0.15, 0.2) is 18.2 Å². The lowest BCUT2D eigenvalue weighted by molar-refractivity contribution is -0.122. The van der Waals surface area contributed by atoms with Gasteiger partial charge in [0.25, 0.3) is 0 Å². The Bertz CT molecular complexity index is 500. The predicted octanol–water partition coefficient (Wildman–Crippen LogP) is 4.76. The molecular formula is C19H28ClNO2. The van der Waals surface area contributed by atoms with Crippen LogP contribution < -0.4 is 10.1 Å². The van der Waals surface area contributed by atoms with Crippen molar-refractivity contribution in [3.05, 3.63) is 28.8 Å². The second kappa shape index (κ2) is 9.82. The Balaban J connectivity index is 1.65. The van der Waals surface area contributed by atoms with Crippen molar-refractivity contribution < 1.29 is 9.53 Å². The van der Waals surface area contributed by atoms with Crippen LogP contribution in [0.25, 0.3) is 0 Å². The topological polar surface area (TPSA) is 38.3 Å². The fraction of sp³-hybridized carbons (Fsp3) is 0.632. The molecule has 0 bridgehead atoms. The molecule has 1 N–H and O–H groups in total. The molecule has 1 aromatic rings. The summed E-state index contributed by atoms with van der Waals surface area (Å²) in [6, 6.07) is 6.02. The van der Waals surface area contributed by atoms with Crippen molar-refractivity contribution in [3.8, 4) is 5.75 Å². The molecule has 1 fully saturated rings. The number of hydrogen-bond acceptors (Lipinski definition) is 2. The lowest BCUT2D eigenvalue weighted by atomic mass is 10.1. The summed E-state index contributed by atoms with van der Waals surface area (Å²) < 4.78 is 5.65. The maximum absolute atomic E-state index is 11.5. The Morgan fingerprint density at radius 1 is 1.26 bits per heavy atom. The second-order valence-electron chi connectivity index (χ2n) is 6.34. The summed E-state index contributed by atoms with van der Waals surface area (Å²) in [5.41, 5.74) is 1.26. The summed E-state index contributed by atoms with van der Waals surface area (Å²) >= 11 is 6.28. The van der Waals surface area contributed by atoms with Gasteiger partial charge in [-0.25, -0.2) is 0 Å². The van der Waals surface area contributed by atoms with Crippen LogP contribution in [0.3, 0.4) is 0 Å². The molecule has 23 heavy (non-hydrogen) atoms. The third-order valence-electron chi connectivity index (χ3n) is 4.17. The lowest BCUT2D eigenvalue weighted by Gasteiger charge is -2.10. The molecule has 1 aliphatic rings. The van der Waals surface area contributed by atoms with E-state index in [2.05, 4.69) is 18.3 Å². The fourth-order valence-corrected chi connectivity index (χ4v) is 2.83. The van der Waals surface area contributed by atoms with Gasteiger partial charge in [0, 0.05) is 5.92 Å². The maximum Gasteiger partial charge on any atom is 0.223 e. The molecule has 4 heteroatoms. The first kappa shape index (κ1) is 18.1. The highest BCUT2D eigenvalue weighted by Crippen LogP contribution is 2.29. The van der Waals surface area contributed by atoms with Gasteiger partial charge in [0.15, 0.2) is 0 Å². The maximum atomic E-state index is 11.5. The van der Waals surface area contributed by atoms with E-state index in [0.29, 0.717) is 23.9 Å². The van der Waals surface area contributed by atoms with Crippen LogP contribution in [0.2, 0.25) is 5.02 Å². The largest absolute Gasteiger partial charge is 0.490 e. The highest BCUT2D eigenvalue weighted by molar-refractivity contribution is 6.32. The zero-order valence-electron chi connectivity index (χ0n) is 14.1. The van der Waals surface area contributed by atoms with E-state index < -0.39 is 0 Å². The smallest absolute Gasteiger partial charge is 0.223 e. The van der Waals surface area contributed by atoms with Gasteiger partial charge in [-0.2, -0.15) is 0 Å². The minimum absolute atomic E-state index is 0.151. The van der Waals surface area contributed by atoms with Crippen molar-refractivity contribution in [2.45, 2.75) is 58.3 Å². The van der Waals surface area contributed by atoms with Gasteiger partial charge in [-0.1, -0.05) is 50.3 Å². The van der Waals surface area contributed by atoms with Crippen molar-refractivity contribution in [3.63, 3.8) is 0 Å². The molecular weight excluding hydrogens is 310 g/mol. The van der Waals surface area contributed by atoms with E-state index in [4.69, 9.17) is 16.3 Å². The van der Waals surface area contributed by atoms with Gasteiger partial charge < -0.3 is 10.1 Å². The monoisotopic (exact) mass is 337 g/mol. The summed E-state index contributed by atoms with van der Waals surface area (Å²) in [5.74, 6) is 1.09. The molecule has 0 atom stereocenters. The standard InChI is InChI=1S/C19H28ClNO2/c1-2-3-4-5-6-7-15-8-11-18(17(20)14-15)23-13-12-21-19(22)16-9-10-16/h8,11,14,16H,2-7,9-10,12-13H2,1H3,(H,21,22). The normalized spacial score (nSPS) is 13.8. The molecule has 2 rings (SSSR count).